The third-order valence-corrected chi connectivity index (χ3v) is 6.18. The van der Waals surface area contributed by atoms with Crippen LogP contribution in [0.5, 0.6) is 0 Å². The third kappa shape index (κ3) is 3.50. The van der Waals surface area contributed by atoms with Crippen molar-refractivity contribution < 1.29 is 14.3 Å². The zero-order chi connectivity index (χ0) is 18.3. The fourth-order valence-corrected chi connectivity index (χ4v) is 3.52. The average molecular weight is 332 g/mol. The summed E-state index contributed by atoms with van der Waals surface area (Å²) in [6, 6.07) is 0. The normalized spacial score (nSPS) is 28.5. The lowest BCUT2D eigenvalue weighted by Gasteiger charge is -2.36. The van der Waals surface area contributed by atoms with Crippen LogP contribution in [0.25, 0.3) is 0 Å². The number of carbonyl (C=O) groups excluding carboxylic acids is 2. The Morgan fingerprint density at radius 3 is 2.50 bits per heavy atom. The molecule has 2 aliphatic rings. The van der Waals surface area contributed by atoms with E-state index in [2.05, 4.69) is 53.7 Å². The molecule has 0 amide bonds. The van der Waals surface area contributed by atoms with Gasteiger partial charge < -0.3 is 4.74 Å². The maximum Gasteiger partial charge on any atom is 0.320 e. The van der Waals surface area contributed by atoms with Crippen LogP contribution in [0.3, 0.4) is 0 Å². The van der Waals surface area contributed by atoms with Crippen molar-refractivity contribution in [3.63, 3.8) is 0 Å². The molecule has 134 valence electrons. The number of hydrogen-bond acceptors (Lipinski definition) is 3. The number of hydrogen-bond donors (Lipinski definition) is 0. The first-order valence-corrected chi connectivity index (χ1v) is 9.01. The zero-order valence-corrected chi connectivity index (χ0v) is 16.3. The van der Waals surface area contributed by atoms with E-state index in [4.69, 9.17) is 4.74 Å². The maximum absolute atomic E-state index is 12.0. The number of carbonyl (C=O) groups is 2. The van der Waals surface area contributed by atoms with Gasteiger partial charge in [-0.25, -0.2) is 0 Å². The van der Waals surface area contributed by atoms with Gasteiger partial charge in [-0.15, -0.1) is 0 Å². The molecule has 1 heterocycles. The summed E-state index contributed by atoms with van der Waals surface area (Å²) in [4.78, 5) is 24.0. The van der Waals surface area contributed by atoms with Gasteiger partial charge in [-0.3, -0.25) is 9.59 Å². The largest absolute Gasteiger partial charge is 0.392 e. The summed E-state index contributed by atoms with van der Waals surface area (Å²) >= 11 is 0. The van der Waals surface area contributed by atoms with Crippen molar-refractivity contribution in [2.45, 2.75) is 74.1 Å². The number of esters is 2. The Morgan fingerprint density at radius 2 is 1.92 bits per heavy atom. The second-order valence-electron chi connectivity index (χ2n) is 9.38. The van der Waals surface area contributed by atoms with E-state index in [1.807, 2.05) is 6.92 Å². The van der Waals surface area contributed by atoms with Crippen LogP contribution in [0.1, 0.15) is 74.1 Å². The Morgan fingerprint density at radius 1 is 1.29 bits per heavy atom. The van der Waals surface area contributed by atoms with E-state index in [1.165, 1.54) is 11.1 Å². The summed E-state index contributed by atoms with van der Waals surface area (Å²) in [6.45, 7) is 15.2. The molecule has 2 unspecified atom stereocenters. The molecule has 3 heteroatoms. The Labute approximate surface area is 146 Å². The molecular weight excluding hydrogens is 300 g/mol. The van der Waals surface area contributed by atoms with E-state index in [0.717, 1.165) is 12.8 Å². The summed E-state index contributed by atoms with van der Waals surface area (Å²) in [5, 5.41) is 0. The predicted molar refractivity (Wildman–Crippen MR) is 96.2 cm³/mol. The molecule has 1 aliphatic carbocycles. The molecule has 2 atom stereocenters. The fourth-order valence-electron chi connectivity index (χ4n) is 3.52. The highest BCUT2D eigenvalue weighted by molar-refractivity contribution is 5.99. The second kappa shape index (κ2) is 6.16. The van der Waals surface area contributed by atoms with Crippen molar-refractivity contribution >= 4 is 11.9 Å². The van der Waals surface area contributed by atoms with Crippen molar-refractivity contribution in [2.75, 3.05) is 0 Å². The first-order valence-electron chi connectivity index (χ1n) is 9.01. The molecule has 24 heavy (non-hydrogen) atoms. The molecule has 0 radical (unpaired) electrons. The van der Waals surface area contributed by atoms with Crippen LogP contribution in [0, 0.1) is 22.2 Å². The van der Waals surface area contributed by atoms with Crippen LogP contribution in [-0.4, -0.2) is 11.9 Å². The first-order chi connectivity index (χ1) is 10.9. The van der Waals surface area contributed by atoms with Gasteiger partial charge in [-0.2, -0.15) is 0 Å². The second-order valence-corrected chi connectivity index (χ2v) is 9.38. The molecule has 0 N–H and O–H groups in total. The van der Waals surface area contributed by atoms with Crippen molar-refractivity contribution in [1.29, 1.82) is 0 Å². The molecule has 2 rings (SSSR count). The zero-order valence-electron chi connectivity index (χ0n) is 16.3. The first kappa shape index (κ1) is 19.0. The van der Waals surface area contributed by atoms with Crippen LogP contribution >= 0.6 is 0 Å². The average Bonchev–Trinajstić information content (AvgIpc) is 2.67. The minimum atomic E-state index is -0.653. The van der Waals surface area contributed by atoms with E-state index >= 15 is 0 Å². The van der Waals surface area contributed by atoms with Crippen LogP contribution < -0.4 is 0 Å². The van der Waals surface area contributed by atoms with Crippen LogP contribution in [0.2, 0.25) is 0 Å². The van der Waals surface area contributed by atoms with E-state index in [-0.39, 0.29) is 28.7 Å². The third-order valence-electron chi connectivity index (χ3n) is 6.18. The fraction of sp³-hybridized carbons (Fsp3) is 0.714. The monoisotopic (exact) mass is 332 g/mol. The number of allylic oxidation sites excluding steroid dienone is 4. The predicted octanol–water partition coefficient (Wildman–Crippen LogP) is 5.21. The van der Waals surface area contributed by atoms with E-state index in [1.54, 1.807) is 0 Å². The van der Waals surface area contributed by atoms with Gasteiger partial charge in [-0.1, -0.05) is 57.9 Å². The van der Waals surface area contributed by atoms with Crippen molar-refractivity contribution in [1.82, 2.24) is 0 Å². The lowest BCUT2D eigenvalue weighted by atomic mass is 9.64. The van der Waals surface area contributed by atoms with Gasteiger partial charge in [0.05, 0.1) is 11.3 Å². The molecule has 0 bridgehead atoms. The SMILES string of the molecule is C/C(=C\CCC(C)(C)C1=CCC2(C)C(=O)OC(=O)C2C1)C(C)(C)C. The lowest BCUT2D eigenvalue weighted by molar-refractivity contribution is -0.155. The number of rotatable bonds is 4. The molecule has 0 spiro atoms. The van der Waals surface area contributed by atoms with Gasteiger partial charge in [0.25, 0.3) is 0 Å². The van der Waals surface area contributed by atoms with E-state index < -0.39 is 5.41 Å². The van der Waals surface area contributed by atoms with Gasteiger partial charge in [0.2, 0.25) is 0 Å². The summed E-state index contributed by atoms with van der Waals surface area (Å²) in [5.74, 6) is -1.00. The molecule has 0 aromatic rings. The van der Waals surface area contributed by atoms with Gasteiger partial charge >= 0.3 is 11.9 Å². The highest BCUT2D eigenvalue weighted by atomic mass is 16.6. The summed E-state index contributed by atoms with van der Waals surface area (Å²) < 4.78 is 4.90. The molecule has 1 fully saturated rings. The van der Waals surface area contributed by atoms with E-state index in [0.29, 0.717) is 12.8 Å². The van der Waals surface area contributed by atoms with Gasteiger partial charge in [-0.05, 0) is 50.4 Å². The van der Waals surface area contributed by atoms with Gasteiger partial charge in [0.15, 0.2) is 0 Å². The van der Waals surface area contributed by atoms with Crippen molar-refractivity contribution in [3.8, 4) is 0 Å². The Balaban J connectivity index is 2.08. The summed E-state index contributed by atoms with van der Waals surface area (Å²) in [5.41, 5.74) is 2.29. The van der Waals surface area contributed by atoms with E-state index in [9.17, 15) is 9.59 Å². The molecule has 0 saturated carbocycles. The minimum Gasteiger partial charge on any atom is -0.392 e. The summed E-state index contributed by atoms with van der Waals surface area (Å²) in [7, 11) is 0. The Hall–Kier alpha value is -1.38. The van der Waals surface area contributed by atoms with Crippen molar-refractivity contribution in [3.05, 3.63) is 23.3 Å². The number of cyclic esters (lactones) is 2. The summed E-state index contributed by atoms with van der Waals surface area (Å²) in [6.07, 6.45) is 7.84. The standard InChI is InChI=1S/C21H32O3/c1-14(19(2,3)4)9-8-11-20(5,6)15-10-12-21(7)16(13-15)17(22)24-18(21)23/h9-10,16H,8,11-13H2,1-7H3/b14-9+. The number of fused-ring (bicyclic) bond motifs is 1. The quantitative estimate of drug-likeness (QED) is 0.403. The molecular formula is C21H32O3. The highest BCUT2D eigenvalue weighted by Gasteiger charge is 2.56. The van der Waals surface area contributed by atoms with Crippen LogP contribution in [-0.2, 0) is 14.3 Å². The highest BCUT2D eigenvalue weighted by Crippen LogP contribution is 2.50. The van der Waals surface area contributed by atoms with Crippen molar-refractivity contribution in [2.24, 2.45) is 22.2 Å². The molecule has 1 saturated heterocycles. The topological polar surface area (TPSA) is 43.4 Å². The smallest absolute Gasteiger partial charge is 0.320 e. The Kier molecular flexibility index (Phi) is 4.87. The minimum absolute atomic E-state index is 0.0297. The number of ether oxygens (including phenoxy) is 1. The molecule has 0 aromatic heterocycles. The molecule has 0 aromatic carbocycles. The molecule has 3 nitrogen and oxygen atoms in total. The van der Waals surface area contributed by atoms with Gasteiger partial charge in [0.1, 0.15) is 0 Å². The van der Waals surface area contributed by atoms with Gasteiger partial charge in [0, 0.05) is 0 Å². The Bertz CT molecular complexity index is 601. The maximum atomic E-state index is 12.0. The molecule has 1 aliphatic heterocycles. The lowest BCUT2D eigenvalue weighted by Crippen LogP contribution is -2.35. The van der Waals surface area contributed by atoms with Crippen LogP contribution in [0.15, 0.2) is 23.3 Å². The van der Waals surface area contributed by atoms with Crippen LogP contribution in [0.4, 0.5) is 0 Å².